The lowest BCUT2D eigenvalue weighted by atomic mass is 10.0. The Kier molecular flexibility index (Phi) is 4.61. The molecule has 0 saturated carbocycles. The molecule has 0 atom stereocenters. The third kappa shape index (κ3) is 3.42. The highest BCUT2D eigenvalue weighted by molar-refractivity contribution is 7.90. The van der Waals surface area contributed by atoms with Gasteiger partial charge < -0.3 is 9.26 Å². The molecule has 8 heteroatoms. The van der Waals surface area contributed by atoms with Crippen LogP contribution in [-0.4, -0.2) is 29.7 Å². The van der Waals surface area contributed by atoms with Crippen LogP contribution in [0.2, 0.25) is 0 Å². The second-order valence-corrected chi connectivity index (χ2v) is 8.80. The maximum Gasteiger partial charge on any atom is 0.232 e. The second-order valence-electron chi connectivity index (χ2n) is 6.92. The minimum atomic E-state index is -3.70. The summed E-state index contributed by atoms with van der Waals surface area (Å²) >= 11 is 0. The molecule has 0 amide bonds. The zero-order valence-electron chi connectivity index (χ0n) is 15.3. The smallest absolute Gasteiger partial charge is 0.232 e. The van der Waals surface area contributed by atoms with Gasteiger partial charge in [-0.15, -0.1) is 0 Å². The van der Waals surface area contributed by atoms with E-state index in [1.54, 1.807) is 10.8 Å². The van der Waals surface area contributed by atoms with Crippen LogP contribution in [0.5, 0.6) is 0 Å². The van der Waals surface area contributed by atoms with Crippen LogP contribution in [-0.2, 0) is 33.4 Å². The van der Waals surface area contributed by atoms with Gasteiger partial charge in [-0.3, -0.25) is 4.57 Å². The molecule has 0 spiro atoms. The van der Waals surface area contributed by atoms with E-state index < -0.39 is 9.84 Å². The van der Waals surface area contributed by atoms with Gasteiger partial charge >= 0.3 is 0 Å². The first-order chi connectivity index (χ1) is 13.0. The first-order valence-electron chi connectivity index (χ1n) is 8.86. The summed E-state index contributed by atoms with van der Waals surface area (Å²) in [6.07, 6.45) is 3.75. The molecule has 3 heterocycles. The average Bonchev–Trinajstić information content (AvgIpc) is 3.30. The Morgan fingerprint density at radius 1 is 1.22 bits per heavy atom. The minimum absolute atomic E-state index is 0.00623. The highest BCUT2D eigenvalue weighted by Gasteiger charge is 2.28. The van der Waals surface area contributed by atoms with E-state index in [4.69, 9.17) is 9.26 Å². The summed E-state index contributed by atoms with van der Waals surface area (Å²) < 4.78 is 38.3. The van der Waals surface area contributed by atoms with Crippen LogP contribution in [0.4, 0.5) is 0 Å². The van der Waals surface area contributed by atoms with Crippen LogP contribution >= 0.6 is 0 Å². The molecule has 3 aromatic rings. The summed E-state index contributed by atoms with van der Waals surface area (Å²) in [6.45, 7) is 5.12. The lowest BCUT2D eigenvalue weighted by Crippen LogP contribution is -2.15. The lowest BCUT2D eigenvalue weighted by Gasteiger charge is -2.12. The van der Waals surface area contributed by atoms with Crippen LogP contribution < -0.4 is 0 Å². The number of ether oxygens (including phenoxy) is 1. The lowest BCUT2D eigenvalue weighted by molar-refractivity contribution is 0.102. The van der Waals surface area contributed by atoms with E-state index in [0.717, 1.165) is 11.3 Å². The monoisotopic (exact) mass is 387 g/mol. The zero-order valence-corrected chi connectivity index (χ0v) is 16.1. The van der Waals surface area contributed by atoms with E-state index in [2.05, 4.69) is 24.0 Å². The predicted octanol–water partition coefficient (Wildman–Crippen LogP) is 3.03. The first kappa shape index (κ1) is 17.9. The summed E-state index contributed by atoms with van der Waals surface area (Å²) in [5.41, 5.74) is 3.08. The summed E-state index contributed by atoms with van der Waals surface area (Å²) in [7, 11) is -3.70. The molecule has 2 aromatic heterocycles. The molecule has 0 N–H and O–H groups in total. The van der Waals surface area contributed by atoms with Crippen molar-refractivity contribution in [2.24, 2.45) is 0 Å². The Labute approximate surface area is 157 Å². The molecule has 4 rings (SSSR count). The fraction of sp³-hybridized carbons (Fsp3) is 0.368. The number of sulfone groups is 1. The van der Waals surface area contributed by atoms with Crippen LogP contribution in [0.1, 0.15) is 42.3 Å². The van der Waals surface area contributed by atoms with Gasteiger partial charge in [-0.1, -0.05) is 31.1 Å². The Hall–Kier alpha value is -2.45. The Bertz CT molecular complexity index is 1050. The normalized spacial score (nSPS) is 14.5. The van der Waals surface area contributed by atoms with Crippen LogP contribution in [0.25, 0.3) is 5.69 Å². The summed E-state index contributed by atoms with van der Waals surface area (Å²) in [6, 6.07) is 7.81. The van der Waals surface area contributed by atoms with Crippen LogP contribution in [0, 0.1) is 0 Å². The molecular formula is C19H21N3O4S. The van der Waals surface area contributed by atoms with Crippen molar-refractivity contribution < 1.29 is 17.7 Å². The zero-order chi connectivity index (χ0) is 19.0. The molecule has 0 aliphatic carbocycles. The van der Waals surface area contributed by atoms with E-state index in [1.807, 2.05) is 24.3 Å². The average molecular weight is 387 g/mol. The van der Waals surface area contributed by atoms with Crippen molar-refractivity contribution in [3.8, 4) is 5.69 Å². The summed E-state index contributed by atoms with van der Waals surface area (Å²) in [5.74, 6) is 0.848. The minimum Gasteiger partial charge on any atom is -0.376 e. The molecule has 0 radical (unpaired) electrons. The molecule has 0 saturated heterocycles. The van der Waals surface area contributed by atoms with Gasteiger partial charge in [-0.25, -0.2) is 13.4 Å². The third-order valence-electron chi connectivity index (χ3n) is 4.72. The van der Waals surface area contributed by atoms with Crippen molar-refractivity contribution in [1.82, 2.24) is 14.7 Å². The number of rotatable bonds is 5. The maximum atomic E-state index is 13.0. The van der Waals surface area contributed by atoms with Crippen LogP contribution in [0.3, 0.4) is 0 Å². The molecule has 1 aromatic carbocycles. The first-order valence-corrected chi connectivity index (χ1v) is 10.5. The second kappa shape index (κ2) is 6.94. The van der Waals surface area contributed by atoms with Crippen molar-refractivity contribution in [1.29, 1.82) is 0 Å². The molecule has 142 valence electrons. The Morgan fingerprint density at radius 3 is 2.74 bits per heavy atom. The van der Waals surface area contributed by atoms with Gasteiger partial charge in [0, 0.05) is 30.1 Å². The van der Waals surface area contributed by atoms with Crippen molar-refractivity contribution in [3.63, 3.8) is 0 Å². The van der Waals surface area contributed by atoms with E-state index in [9.17, 15) is 8.42 Å². The SMILES string of the molecule is CC(C)c1ccc(-n2ccnc2S(=O)(=O)Cc2noc3c2COCC3)cc1. The van der Waals surface area contributed by atoms with E-state index in [-0.39, 0.29) is 10.9 Å². The fourth-order valence-electron chi connectivity index (χ4n) is 3.17. The maximum absolute atomic E-state index is 13.0. The highest BCUT2D eigenvalue weighted by atomic mass is 32.2. The van der Waals surface area contributed by atoms with Crippen LogP contribution in [0.15, 0.2) is 46.3 Å². The van der Waals surface area contributed by atoms with E-state index in [0.29, 0.717) is 37.0 Å². The number of hydrogen-bond donors (Lipinski definition) is 0. The van der Waals surface area contributed by atoms with Gasteiger partial charge in [-0.05, 0) is 23.6 Å². The number of imidazole rings is 1. The molecule has 0 bridgehead atoms. The van der Waals surface area contributed by atoms with Crippen molar-refractivity contribution in [2.75, 3.05) is 6.61 Å². The van der Waals surface area contributed by atoms with Crippen molar-refractivity contribution in [2.45, 2.75) is 43.7 Å². The van der Waals surface area contributed by atoms with Gasteiger partial charge in [0.15, 0.2) is 0 Å². The summed E-state index contributed by atoms with van der Waals surface area (Å²) in [5, 5.41) is 3.95. The number of hydrogen-bond acceptors (Lipinski definition) is 6. The standard InChI is InChI=1S/C19H21N3O4S/c1-13(2)14-3-5-15(6-4-14)22-9-8-20-19(22)27(23,24)12-17-16-11-25-10-7-18(16)26-21-17/h3-6,8-9,13H,7,10-12H2,1-2H3. The molecule has 0 unspecified atom stereocenters. The van der Waals surface area contributed by atoms with E-state index >= 15 is 0 Å². The third-order valence-corrected chi connectivity index (χ3v) is 6.23. The number of benzene rings is 1. The van der Waals surface area contributed by atoms with Gasteiger partial charge in [-0.2, -0.15) is 0 Å². The predicted molar refractivity (Wildman–Crippen MR) is 98.4 cm³/mol. The Morgan fingerprint density at radius 2 is 2.00 bits per heavy atom. The Balaban J connectivity index is 1.65. The summed E-state index contributed by atoms with van der Waals surface area (Å²) in [4.78, 5) is 4.10. The largest absolute Gasteiger partial charge is 0.376 e. The molecular weight excluding hydrogens is 366 g/mol. The molecule has 1 aliphatic rings. The number of fused-ring (bicyclic) bond motifs is 1. The highest BCUT2D eigenvalue weighted by Crippen LogP contribution is 2.25. The van der Waals surface area contributed by atoms with Crippen molar-refractivity contribution >= 4 is 9.84 Å². The molecule has 27 heavy (non-hydrogen) atoms. The fourth-order valence-corrected chi connectivity index (χ4v) is 4.58. The topological polar surface area (TPSA) is 87.2 Å². The molecule has 0 fully saturated rings. The van der Waals surface area contributed by atoms with Gasteiger partial charge in [0.2, 0.25) is 15.0 Å². The molecule has 1 aliphatic heterocycles. The quantitative estimate of drug-likeness (QED) is 0.669. The number of aromatic nitrogens is 3. The van der Waals surface area contributed by atoms with Crippen molar-refractivity contribution in [3.05, 3.63) is 59.2 Å². The van der Waals surface area contributed by atoms with Gasteiger partial charge in [0.1, 0.15) is 17.2 Å². The van der Waals surface area contributed by atoms with Gasteiger partial charge in [0.05, 0.1) is 13.2 Å². The molecule has 7 nitrogen and oxygen atoms in total. The van der Waals surface area contributed by atoms with E-state index in [1.165, 1.54) is 11.8 Å². The number of nitrogens with zero attached hydrogens (tertiary/aromatic N) is 3. The van der Waals surface area contributed by atoms with Gasteiger partial charge in [0.25, 0.3) is 0 Å².